The molecule has 150 valence electrons. The molecule has 1 aliphatic heterocycles. The summed E-state index contributed by atoms with van der Waals surface area (Å²) in [5.74, 6) is 1.63. The highest BCUT2D eigenvalue weighted by Crippen LogP contribution is 2.34. The molecule has 7 heteroatoms. The fraction of sp³-hybridized carbons (Fsp3) is 0.600. The van der Waals surface area contributed by atoms with Gasteiger partial charge in [-0.15, -0.1) is 11.8 Å². The molecule has 1 heterocycles. The molecule has 1 aliphatic rings. The summed E-state index contributed by atoms with van der Waals surface area (Å²) in [7, 11) is 1.60. The molecule has 2 rings (SSSR count). The standard InChI is InChI=1S/C20H30N2O4S/c1-13(2)10-18-22(17(12-27-18)19(23)26-11-14(3)4)20(24)21-15-6-8-16(25-5)9-7-15/h6-9,13-14,17-18H,10-12H2,1-5H3,(H,21,24). The highest BCUT2D eigenvalue weighted by molar-refractivity contribution is 8.00. The van der Waals surface area contributed by atoms with E-state index in [1.807, 2.05) is 13.8 Å². The minimum absolute atomic E-state index is 0.0418. The topological polar surface area (TPSA) is 67.9 Å². The van der Waals surface area contributed by atoms with Crippen LogP contribution < -0.4 is 10.1 Å². The van der Waals surface area contributed by atoms with Gasteiger partial charge < -0.3 is 14.8 Å². The fourth-order valence-corrected chi connectivity index (χ4v) is 4.44. The number of urea groups is 1. The number of thioether (sulfide) groups is 1. The van der Waals surface area contributed by atoms with Crippen molar-refractivity contribution >= 4 is 29.4 Å². The van der Waals surface area contributed by atoms with Gasteiger partial charge in [0.2, 0.25) is 0 Å². The minimum Gasteiger partial charge on any atom is -0.497 e. The minimum atomic E-state index is -0.559. The van der Waals surface area contributed by atoms with Crippen molar-refractivity contribution in [2.45, 2.75) is 45.5 Å². The summed E-state index contributed by atoms with van der Waals surface area (Å²) in [6.45, 7) is 8.58. The van der Waals surface area contributed by atoms with Crippen molar-refractivity contribution in [3.05, 3.63) is 24.3 Å². The van der Waals surface area contributed by atoms with Crippen LogP contribution in [-0.2, 0) is 9.53 Å². The molecule has 1 fully saturated rings. The first-order valence-corrected chi connectivity index (χ1v) is 10.4. The maximum Gasteiger partial charge on any atom is 0.329 e. The Kier molecular flexibility index (Phi) is 7.83. The number of carbonyl (C=O) groups excluding carboxylic acids is 2. The number of hydrogen-bond acceptors (Lipinski definition) is 5. The summed E-state index contributed by atoms with van der Waals surface area (Å²) in [5, 5.41) is 2.86. The Labute approximate surface area is 166 Å². The average Bonchev–Trinajstić information content (AvgIpc) is 3.03. The number of benzene rings is 1. The van der Waals surface area contributed by atoms with Crippen LogP contribution in [-0.4, -0.2) is 47.8 Å². The van der Waals surface area contributed by atoms with Crippen molar-refractivity contribution in [1.82, 2.24) is 4.90 Å². The van der Waals surface area contributed by atoms with Crippen molar-refractivity contribution in [2.24, 2.45) is 11.8 Å². The van der Waals surface area contributed by atoms with Gasteiger partial charge in [-0.3, -0.25) is 4.90 Å². The second kappa shape index (κ2) is 9.88. The van der Waals surface area contributed by atoms with Crippen LogP contribution in [0.25, 0.3) is 0 Å². The van der Waals surface area contributed by atoms with Crippen molar-refractivity contribution < 1.29 is 19.1 Å². The SMILES string of the molecule is COc1ccc(NC(=O)N2C(CC(C)C)SCC2C(=O)OCC(C)C)cc1. The number of esters is 1. The molecule has 1 N–H and O–H groups in total. The fourth-order valence-electron chi connectivity index (χ4n) is 2.81. The van der Waals surface area contributed by atoms with Gasteiger partial charge in [0.05, 0.1) is 19.1 Å². The molecule has 1 saturated heterocycles. The molecule has 2 amide bonds. The number of anilines is 1. The summed E-state index contributed by atoms with van der Waals surface area (Å²) in [5.41, 5.74) is 0.662. The van der Waals surface area contributed by atoms with Crippen LogP contribution >= 0.6 is 11.8 Å². The van der Waals surface area contributed by atoms with Gasteiger partial charge in [0.15, 0.2) is 0 Å². The van der Waals surface area contributed by atoms with Crippen molar-refractivity contribution in [2.75, 3.05) is 24.8 Å². The Balaban J connectivity index is 2.12. The lowest BCUT2D eigenvalue weighted by atomic mass is 10.1. The Hall–Kier alpha value is -1.89. The summed E-state index contributed by atoms with van der Waals surface area (Å²) in [4.78, 5) is 27.2. The van der Waals surface area contributed by atoms with Gasteiger partial charge in [-0.2, -0.15) is 0 Å². The van der Waals surface area contributed by atoms with E-state index in [1.165, 1.54) is 0 Å². The predicted octanol–water partition coefficient (Wildman–Crippen LogP) is 4.22. The Morgan fingerprint density at radius 2 is 1.85 bits per heavy atom. The molecule has 2 atom stereocenters. The quantitative estimate of drug-likeness (QED) is 0.702. The summed E-state index contributed by atoms with van der Waals surface area (Å²) in [6.07, 6.45) is 0.828. The predicted molar refractivity (Wildman–Crippen MR) is 109 cm³/mol. The summed E-state index contributed by atoms with van der Waals surface area (Å²) >= 11 is 1.64. The van der Waals surface area contributed by atoms with Crippen LogP contribution in [0.5, 0.6) is 5.75 Å². The molecule has 2 unspecified atom stereocenters. The van der Waals surface area contributed by atoms with Gasteiger partial charge in [-0.25, -0.2) is 9.59 Å². The lowest BCUT2D eigenvalue weighted by Crippen LogP contribution is -2.48. The zero-order valence-corrected chi connectivity index (χ0v) is 17.5. The molecule has 1 aromatic carbocycles. The number of nitrogens with zero attached hydrogens (tertiary/aromatic N) is 1. The molecule has 0 spiro atoms. The molecule has 0 aliphatic carbocycles. The summed E-state index contributed by atoms with van der Waals surface area (Å²) < 4.78 is 10.6. The van der Waals surface area contributed by atoms with Gasteiger partial charge in [-0.05, 0) is 42.5 Å². The van der Waals surface area contributed by atoms with E-state index in [0.717, 1.165) is 12.2 Å². The largest absolute Gasteiger partial charge is 0.497 e. The van der Waals surface area contributed by atoms with Crippen molar-refractivity contribution in [3.63, 3.8) is 0 Å². The van der Waals surface area contributed by atoms with Gasteiger partial charge in [0, 0.05) is 11.4 Å². The zero-order valence-electron chi connectivity index (χ0n) is 16.7. The van der Waals surface area contributed by atoms with E-state index in [4.69, 9.17) is 9.47 Å². The van der Waals surface area contributed by atoms with E-state index in [-0.39, 0.29) is 23.3 Å². The van der Waals surface area contributed by atoms with E-state index in [2.05, 4.69) is 19.2 Å². The smallest absolute Gasteiger partial charge is 0.329 e. The van der Waals surface area contributed by atoms with Gasteiger partial charge in [0.1, 0.15) is 11.8 Å². The number of ether oxygens (including phenoxy) is 2. The monoisotopic (exact) mass is 394 g/mol. The van der Waals surface area contributed by atoms with Gasteiger partial charge >= 0.3 is 12.0 Å². The molecule has 1 aromatic rings. The Morgan fingerprint density at radius 1 is 1.19 bits per heavy atom. The van der Waals surface area contributed by atoms with Crippen LogP contribution in [0.2, 0.25) is 0 Å². The molecule has 0 radical (unpaired) electrons. The Bertz CT molecular complexity index is 633. The number of rotatable bonds is 7. The maximum absolute atomic E-state index is 13.0. The van der Waals surface area contributed by atoms with E-state index < -0.39 is 6.04 Å². The second-order valence-electron chi connectivity index (χ2n) is 7.52. The number of carbonyl (C=O) groups is 2. The van der Waals surface area contributed by atoms with Crippen LogP contribution in [0.1, 0.15) is 34.1 Å². The first-order chi connectivity index (χ1) is 12.8. The number of nitrogens with one attached hydrogen (secondary N) is 1. The molecular formula is C20H30N2O4S. The molecule has 27 heavy (non-hydrogen) atoms. The van der Waals surface area contributed by atoms with Crippen LogP contribution in [0, 0.1) is 11.8 Å². The molecule has 0 bridgehead atoms. The van der Waals surface area contributed by atoms with Crippen molar-refractivity contribution in [3.8, 4) is 5.75 Å². The van der Waals surface area contributed by atoms with E-state index >= 15 is 0 Å². The summed E-state index contributed by atoms with van der Waals surface area (Å²) in [6, 6.07) is 6.30. The van der Waals surface area contributed by atoms with Crippen molar-refractivity contribution in [1.29, 1.82) is 0 Å². The molecule has 0 aromatic heterocycles. The zero-order chi connectivity index (χ0) is 20.0. The number of methoxy groups -OCH3 is 1. The lowest BCUT2D eigenvalue weighted by molar-refractivity contribution is -0.149. The van der Waals surface area contributed by atoms with E-state index in [0.29, 0.717) is 24.0 Å². The molecular weight excluding hydrogens is 364 g/mol. The van der Waals surface area contributed by atoms with E-state index in [1.54, 1.807) is 48.0 Å². The van der Waals surface area contributed by atoms with Gasteiger partial charge in [-0.1, -0.05) is 27.7 Å². The highest BCUT2D eigenvalue weighted by atomic mass is 32.2. The number of amides is 2. The van der Waals surface area contributed by atoms with E-state index in [9.17, 15) is 9.59 Å². The highest BCUT2D eigenvalue weighted by Gasteiger charge is 2.42. The lowest BCUT2D eigenvalue weighted by Gasteiger charge is -2.29. The third-order valence-electron chi connectivity index (χ3n) is 4.17. The first kappa shape index (κ1) is 21.4. The van der Waals surface area contributed by atoms with Crippen LogP contribution in [0.4, 0.5) is 10.5 Å². The van der Waals surface area contributed by atoms with Gasteiger partial charge in [0.25, 0.3) is 0 Å². The first-order valence-electron chi connectivity index (χ1n) is 9.33. The molecule has 6 nitrogen and oxygen atoms in total. The van der Waals surface area contributed by atoms with Crippen LogP contribution in [0.3, 0.4) is 0 Å². The normalized spacial score (nSPS) is 19.4. The third kappa shape index (κ3) is 6.06. The second-order valence-corrected chi connectivity index (χ2v) is 8.73. The van der Waals surface area contributed by atoms with Crippen LogP contribution in [0.15, 0.2) is 24.3 Å². The number of hydrogen-bond donors (Lipinski definition) is 1. The maximum atomic E-state index is 13.0. The molecule has 0 saturated carbocycles. The third-order valence-corrected chi connectivity index (χ3v) is 5.48. The Morgan fingerprint density at radius 3 is 2.41 bits per heavy atom. The average molecular weight is 395 g/mol.